The summed E-state index contributed by atoms with van der Waals surface area (Å²) in [5, 5.41) is 0. The van der Waals surface area contributed by atoms with E-state index in [4.69, 9.17) is 23.7 Å². The smallest absolute Gasteiger partial charge is 0.192 e. The second kappa shape index (κ2) is 7.35. The van der Waals surface area contributed by atoms with Crippen LogP contribution in [0, 0.1) is 0 Å². The maximum Gasteiger partial charge on any atom is 0.192 e. The van der Waals surface area contributed by atoms with Gasteiger partial charge in [-0.1, -0.05) is 0 Å². The van der Waals surface area contributed by atoms with Crippen molar-refractivity contribution >= 4 is 0 Å². The Labute approximate surface area is 107 Å². The highest BCUT2D eigenvalue weighted by Crippen LogP contribution is 2.28. The molecule has 0 aromatic rings. The van der Waals surface area contributed by atoms with E-state index < -0.39 is 30.8 Å². The second-order valence-electron chi connectivity index (χ2n) is 4.53. The first-order valence-corrected chi connectivity index (χ1v) is 6.04. The van der Waals surface area contributed by atoms with Crippen LogP contribution < -0.4 is 0 Å². The third-order valence-electron chi connectivity index (χ3n) is 2.85. The first-order valence-electron chi connectivity index (χ1n) is 6.04. The predicted octanol–water partition coefficient (Wildman–Crippen LogP) is 1.15. The minimum absolute atomic E-state index is 0.131. The SMILES string of the molecule is COC[C@H]1O[C@H](OC(C)C)[C@H](F)[C@@H](OC)[C@H]1OC. The summed E-state index contributed by atoms with van der Waals surface area (Å²) < 4.78 is 40.7. The Kier molecular flexibility index (Phi) is 6.45. The molecule has 6 heteroatoms. The van der Waals surface area contributed by atoms with E-state index in [9.17, 15) is 4.39 Å². The molecule has 5 nitrogen and oxygen atoms in total. The van der Waals surface area contributed by atoms with Crippen LogP contribution in [0.15, 0.2) is 0 Å². The minimum Gasteiger partial charge on any atom is -0.382 e. The van der Waals surface area contributed by atoms with Crippen molar-refractivity contribution in [2.45, 2.75) is 50.7 Å². The average Bonchev–Trinajstić information content (AvgIpc) is 2.32. The van der Waals surface area contributed by atoms with Gasteiger partial charge >= 0.3 is 0 Å². The zero-order valence-corrected chi connectivity index (χ0v) is 11.6. The molecule has 0 amide bonds. The summed E-state index contributed by atoms with van der Waals surface area (Å²) in [5.74, 6) is 0. The van der Waals surface area contributed by atoms with Crippen LogP contribution >= 0.6 is 0 Å². The molecule has 18 heavy (non-hydrogen) atoms. The lowest BCUT2D eigenvalue weighted by atomic mass is 9.99. The molecule has 5 atom stereocenters. The van der Waals surface area contributed by atoms with Crippen LogP contribution in [-0.4, -0.2) is 64.8 Å². The van der Waals surface area contributed by atoms with Gasteiger partial charge in [-0.05, 0) is 13.8 Å². The van der Waals surface area contributed by atoms with E-state index in [1.165, 1.54) is 14.2 Å². The van der Waals surface area contributed by atoms with Gasteiger partial charge in [-0.3, -0.25) is 0 Å². The highest BCUT2D eigenvalue weighted by molar-refractivity contribution is 4.91. The standard InChI is InChI=1S/C12H23FO5/c1-7(2)17-12-9(13)11(16-5)10(15-4)8(18-12)6-14-3/h7-12H,6H2,1-5H3/t8-,9-,10+,11-,12+/m1/s1. The van der Waals surface area contributed by atoms with E-state index >= 15 is 0 Å². The van der Waals surface area contributed by atoms with Gasteiger partial charge in [0.1, 0.15) is 18.3 Å². The molecule has 0 bridgehead atoms. The molecule has 1 aliphatic rings. The number of halogens is 1. The maximum atomic E-state index is 14.2. The zero-order valence-electron chi connectivity index (χ0n) is 11.6. The Morgan fingerprint density at radius 3 is 2.17 bits per heavy atom. The third kappa shape index (κ3) is 3.61. The molecule has 0 saturated carbocycles. The molecular formula is C12H23FO5. The van der Waals surface area contributed by atoms with E-state index in [0.717, 1.165) is 0 Å². The summed E-state index contributed by atoms with van der Waals surface area (Å²) in [6.07, 6.45) is -4.14. The van der Waals surface area contributed by atoms with Crippen LogP contribution in [0.3, 0.4) is 0 Å². The van der Waals surface area contributed by atoms with Crippen molar-refractivity contribution in [3.63, 3.8) is 0 Å². The van der Waals surface area contributed by atoms with Crippen LogP contribution in [0.1, 0.15) is 13.8 Å². The first-order chi connectivity index (χ1) is 8.54. The molecule has 0 spiro atoms. The molecular weight excluding hydrogens is 243 g/mol. The van der Waals surface area contributed by atoms with Gasteiger partial charge in [0.2, 0.25) is 0 Å². The van der Waals surface area contributed by atoms with Crippen molar-refractivity contribution < 1.29 is 28.1 Å². The first kappa shape index (κ1) is 15.8. The molecule has 1 fully saturated rings. The molecule has 0 aromatic carbocycles. The fraction of sp³-hybridized carbons (Fsp3) is 1.00. The summed E-state index contributed by atoms with van der Waals surface area (Å²) >= 11 is 0. The van der Waals surface area contributed by atoms with Gasteiger partial charge in [0.25, 0.3) is 0 Å². The van der Waals surface area contributed by atoms with Gasteiger partial charge in [0.15, 0.2) is 12.5 Å². The molecule has 0 aliphatic carbocycles. The second-order valence-corrected chi connectivity index (χ2v) is 4.53. The van der Waals surface area contributed by atoms with Crippen molar-refractivity contribution in [1.29, 1.82) is 0 Å². The highest BCUT2D eigenvalue weighted by atomic mass is 19.1. The summed E-state index contributed by atoms with van der Waals surface area (Å²) in [6, 6.07) is 0. The number of alkyl halides is 1. The van der Waals surface area contributed by atoms with Gasteiger partial charge in [0, 0.05) is 21.3 Å². The summed E-state index contributed by atoms with van der Waals surface area (Å²) in [5.41, 5.74) is 0. The van der Waals surface area contributed by atoms with Crippen LogP contribution in [0.5, 0.6) is 0 Å². The Morgan fingerprint density at radius 1 is 1.11 bits per heavy atom. The molecule has 0 radical (unpaired) electrons. The van der Waals surface area contributed by atoms with Crippen molar-refractivity contribution in [2.24, 2.45) is 0 Å². The molecule has 1 heterocycles. The number of methoxy groups -OCH3 is 3. The van der Waals surface area contributed by atoms with Gasteiger partial charge in [-0.15, -0.1) is 0 Å². The average molecular weight is 266 g/mol. The summed E-state index contributed by atoms with van der Waals surface area (Å²) in [6.45, 7) is 3.94. The Morgan fingerprint density at radius 2 is 1.72 bits per heavy atom. The number of rotatable bonds is 6. The van der Waals surface area contributed by atoms with Crippen molar-refractivity contribution in [3.05, 3.63) is 0 Å². The van der Waals surface area contributed by atoms with E-state index in [0.29, 0.717) is 6.61 Å². The van der Waals surface area contributed by atoms with Crippen molar-refractivity contribution in [1.82, 2.24) is 0 Å². The fourth-order valence-electron chi connectivity index (χ4n) is 2.10. The minimum atomic E-state index is -1.39. The number of hydrogen-bond acceptors (Lipinski definition) is 5. The van der Waals surface area contributed by atoms with E-state index in [-0.39, 0.29) is 6.10 Å². The molecule has 108 valence electrons. The van der Waals surface area contributed by atoms with Gasteiger partial charge < -0.3 is 23.7 Å². The zero-order chi connectivity index (χ0) is 13.7. The van der Waals surface area contributed by atoms with E-state index in [1.807, 2.05) is 13.8 Å². The lowest BCUT2D eigenvalue weighted by Gasteiger charge is -2.42. The number of ether oxygens (including phenoxy) is 5. The van der Waals surface area contributed by atoms with Crippen LogP contribution in [0.4, 0.5) is 4.39 Å². The monoisotopic (exact) mass is 266 g/mol. The van der Waals surface area contributed by atoms with E-state index in [2.05, 4.69) is 0 Å². The Balaban J connectivity index is 2.80. The Bertz CT molecular complexity index is 239. The summed E-state index contributed by atoms with van der Waals surface area (Å²) in [7, 11) is 4.50. The third-order valence-corrected chi connectivity index (χ3v) is 2.85. The molecule has 1 rings (SSSR count). The highest BCUT2D eigenvalue weighted by Gasteiger charge is 2.47. The van der Waals surface area contributed by atoms with Crippen LogP contribution in [0.2, 0.25) is 0 Å². The molecule has 0 aromatic heterocycles. The maximum absolute atomic E-state index is 14.2. The van der Waals surface area contributed by atoms with Crippen LogP contribution in [-0.2, 0) is 23.7 Å². The molecule has 1 saturated heterocycles. The number of hydrogen-bond donors (Lipinski definition) is 0. The fourth-order valence-corrected chi connectivity index (χ4v) is 2.10. The topological polar surface area (TPSA) is 46.2 Å². The predicted molar refractivity (Wildman–Crippen MR) is 63.2 cm³/mol. The lowest BCUT2D eigenvalue weighted by molar-refractivity contribution is -0.302. The largest absolute Gasteiger partial charge is 0.382 e. The van der Waals surface area contributed by atoms with Crippen LogP contribution in [0.25, 0.3) is 0 Å². The lowest BCUT2D eigenvalue weighted by Crippen LogP contribution is -2.59. The molecule has 0 N–H and O–H groups in total. The molecule has 1 aliphatic heterocycles. The molecule has 0 unspecified atom stereocenters. The summed E-state index contributed by atoms with van der Waals surface area (Å²) in [4.78, 5) is 0. The van der Waals surface area contributed by atoms with Crippen molar-refractivity contribution in [3.8, 4) is 0 Å². The van der Waals surface area contributed by atoms with Crippen molar-refractivity contribution in [2.75, 3.05) is 27.9 Å². The van der Waals surface area contributed by atoms with Gasteiger partial charge in [-0.2, -0.15) is 0 Å². The van der Waals surface area contributed by atoms with Gasteiger partial charge in [0.05, 0.1) is 12.7 Å². The normalized spacial score (nSPS) is 37.2. The Hall–Kier alpha value is -0.270. The quantitative estimate of drug-likeness (QED) is 0.721. The van der Waals surface area contributed by atoms with E-state index in [1.54, 1.807) is 7.11 Å². The van der Waals surface area contributed by atoms with Gasteiger partial charge in [-0.25, -0.2) is 4.39 Å².